The van der Waals surface area contributed by atoms with Gasteiger partial charge in [0.25, 0.3) is 0 Å². The van der Waals surface area contributed by atoms with Crippen LogP contribution in [0.5, 0.6) is 17.2 Å². The minimum Gasteiger partial charge on any atom is -0.497 e. The Kier molecular flexibility index (Phi) is 6.65. The van der Waals surface area contributed by atoms with Crippen molar-refractivity contribution in [2.75, 3.05) is 14.2 Å². The number of hydrogen-bond acceptors (Lipinski definition) is 5. The normalized spacial score (nSPS) is 10.6. The second-order valence-corrected chi connectivity index (χ2v) is 6.53. The van der Waals surface area contributed by atoms with Gasteiger partial charge in [0.05, 0.1) is 19.8 Å². The number of methoxy groups -OCH3 is 2. The first-order chi connectivity index (χ1) is 14.5. The number of esters is 1. The van der Waals surface area contributed by atoms with Crippen LogP contribution in [0.25, 0.3) is 6.08 Å². The predicted molar refractivity (Wildman–Crippen MR) is 115 cm³/mol. The average Bonchev–Trinajstić information content (AvgIpc) is 2.78. The molecular weight excluding hydrogens is 380 g/mol. The fourth-order valence-corrected chi connectivity index (χ4v) is 2.88. The molecule has 0 aliphatic carbocycles. The number of ether oxygens (including phenoxy) is 3. The Labute approximate surface area is 175 Å². The zero-order valence-corrected chi connectivity index (χ0v) is 17.0. The van der Waals surface area contributed by atoms with Crippen molar-refractivity contribution in [2.24, 2.45) is 0 Å². The average molecular weight is 402 g/mol. The standard InChI is InChI=1S/C25H22O5/c1-17-6-4-5-7-22(17)25(27)30-20-11-8-18(9-12-20)23(26)14-10-19-16-21(28-2)13-15-24(19)29-3/h4-16H,1-3H3/b14-10+. The molecule has 3 rings (SSSR count). The molecule has 152 valence electrons. The molecule has 0 atom stereocenters. The first-order valence-corrected chi connectivity index (χ1v) is 9.34. The summed E-state index contributed by atoms with van der Waals surface area (Å²) in [5.74, 6) is 1.06. The number of carbonyl (C=O) groups excluding carboxylic acids is 2. The zero-order valence-electron chi connectivity index (χ0n) is 17.0. The first kappa shape index (κ1) is 20.9. The van der Waals surface area contributed by atoms with E-state index < -0.39 is 5.97 Å². The van der Waals surface area contributed by atoms with Gasteiger partial charge < -0.3 is 14.2 Å². The van der Waals surface area contributed by atoms with Gasteiger partial charge in [0, 0.05) is 11.1 Å². The molecule has 0 spiro atoms. The summed E-state index contributed by atoms with van der Waals surface area (Å²) in [6, 6.07) is 19.0. The van der Waals surface area contributed by atoms with Crippen LogP contribution >= 0.6 is 0 Å². The molecule has 0 amide bonds. The molecule has 5 heteroatoms. The molecule has 0 saturated heterocycles. The van der Waals surface area contributed by atoms with E-state index in [-0.39, 0.29) is 5.78 Å². The molecule has 0 aromatic heterocycles. The number of benzene rings is 3. The molecule has 3 aromatic carbocycles. The Morgan fingerprint density at radius 3 is 2.20 bits per heavy atom. The van der Waals surface area contributed by atoms with Crippen molar-refractivity contribution in [3.05, 3.63) is 95.1 Å². The summed E-state index contributed by atoms with van der Waals surface area (Å²) in [4.78, 5) is 24.8. The van der Waals surface area contributed by atoms with Crippen LogP contribution in [0.15, 0.2) is 72.8 Å². The molecule has 0 bridgehead atoms. The van der Waals surface area contributed by atoms with E-state index in [1.165, 1.54) is 6.08 Å². The SMILES string of the molecule is COc1ccc(OC)c(/C=C/C(=O)c2ccc(OC(=O)c3ccccc3C)cc2)c1. The molecule has 0 radical (unpaired) electrons. The molecule has 0 N–H and O–H groups in total. The van der Waals surface area contributed by atoms with Gasteiger partial charge in [-0.3, -0.25) is 4.79 Å². The summed E-state index contributed by atoms with van der Waals surface area (Å²) in [5.41, 5.74) is 2.55. The molecule has 30 heavy (non-hydrogen) atoms. The molecule has 0 aliphatic heterocycles. The van der Waals surface area contributed by atoms with Gasteiger partial charge in [-0.1, -0.05) is 18.2 Å². The van der Waals surface area contributed by atoms with Crippen LogP contribution in [0.4, 0.5) is 0 Å². The molecule has 0 heterocycles. The summed E-state index contributed by atoms with van der Waals surface area (Å²) in [7, 11) is 3.14. The number of hydrogen-bond donors (Lipinski definition) is 0. The van der Waals surface area contributed by atoms with Crippen molar-refractivity contribution in [3.8, 4) is 17.2 Å². The summed E-state index contributed by atoms with van der Waals surface area (Å²) in [6.45, 7) is 1.85. The third kappa shape index (κ3) is 4.94. The lowest BCUT2D eigenvalue weighted by Crippen LogP contribution is -2.10. The van der Waals surface area contributed by atoms with Gasteiger partial charge in [-0.05, 0) is 73.2 Å². The van der Waals surface area contributed by atoms with Gasteiger partial charge >= 0.3 is 5.97 Å². The smallest absolute Gasteiger partial charge is 0.343 e. The Hall–Kier alpha value is -3.86. The van der Waals surface area contributed by atoms with Gasteiger partial charge in [-0.25, -0.2) is 4.79 Å². The van der Waals surface area contributed by atoms with Gasteiger partial charge in [0.1, 0.15) is 17.2 Å². The van der Waals surface area contributed by atoms with E-state index in [0.717, 1.165) is 11.1 Å². The van der Waals surface area contributed by atoms with E-state index >= 15 is 0 Å². The minimum absolute atomic E-state index is 0.184. The number of rotatable bonds is 7. The van der Waals surface area contributed by atoms with Gasteiger partial charge in [0.2, 0.25) is 0 Å². The summed E-state index contributed by atoms with van der Waals surface area (Å²) >= 11 is 0. The van der Waals surface area contributed by atoms with E-state index in [2.05, 4.69) is 0 Å². The van der Waals surface area contributed by atoms with Gasteiger partial charge in [-0.2, -0.15) is 0 Å². The number of allylic oxidation sites excluding steroid dienone is 1. The molecule has 0 saturated carbocycles. The van der Waals surface area contributed by atoms with Crippen molar-refractivity contribution in [1.82, 2.24) is 0 Å². The summed E-state index contributed by atoms with van der Waals surface area (Å²) < 4.78 is 15.9. The lowest BCUT2D eigenvalue weighted by Gasteiger charge is -2.07. The molecule has 5 nitrogen and oxygen atoms in total. The third-order valence-electron chi connectivity index (χ3n) is 4.57. The van der Waals surface area contributed by atoms with Crippen molar-refractivity contribution in [1.29, 1.82) is 0 Å². The Balaban J connectivity index is 1.70. The molecule has 0 unspecified atom stereocenters. The van der Waals surface area contributed by atoms with Crippen LogP contribution in [-0.4, -0.2) is 26.0 Å². The van der Waals surface area contributed by atoms with E-state index in [4.69, 9.17) is 14.2 Å². The van der Waals surface area contributed by atoms with Crippen molar-refractivity contribution in [3.63, 3.8) is 0 Å². The van der Waals surface area contributed by atoms with Crippen LogP contribution in [0.1, 0.15) is 31.8 Å². The highest BCUT2D eigenvalue weighted by Crippen LogP contribution is 2.25. The highest BCUT2D eigenvalue weighted by molar-refractivity contribution is 6.07. The number of carbonyl (C=O) groups is 2. The van der Waals surface area contributed by atoms with Crippen LogP contribution in [0.2, 0.25) is 0 Å². The number of ketones is 1. The predicted octanol–water partition coefficient (Wildman–Crippen LogP) is 5.13. The Bertz CT molecular complexity index is 1080. The van der Waals surface area contributed by atoms with Crippen LogP contribution in [-0.2, 0) is 0 Å². The maximum absolute atomic E-state index is 12.5. The van der Waals surface area contributed by atoms with Crippen molar-refractivity contribution >= 4 is 17.8 Å². The highest BCUT2D eigenvalue weighted by atomic mass is 16.5. The second kappa shape index (κ2) is 9.56. The van der Waals surface area contributed by atoms with E-state index in [1.807, 2.05) is 19.1 Å². The van der Waals surface area contributed by atoms with E-state index in [0.29, 0.717) is 28.4 Å². The highest BCUT2D eigenvalue weighted by Gasteiger charge is 2.11. The molecule has 0 aliphatic rings. The quantitative estimate of drug-likeness (QED) is 0.237. The monoisotopic (exact) mass is 402 g/mol. The second-order valence-electron chi connectivity index (χ2n) is 6.53. The molecular formula is C25H22O5. The van der Waals surface area contributed by atoms with Crippen LogP contribution < -0.4 is 14.2 Å². The van der Waals surface area contributed by atoms with Crippen LogP contribution in [0.3, 0.4) is 0 Å². The maximum Gasteiger partial charge on any atom is 0.343 e. The Morgan fingerprint density at radius 1 is 0.833 bits per heavy atom. The summed E-state index contributed by atoms with van der Waals surface area (Å²) in [6.07, 6.45) is 3.14. The molecule has 3 aromatic rings. The van der Waals surface area contributed by atoms with Gasteiger partial charge in [-0.15, -0.1) is 0 Å². The van der Waals surface area contributed by atoms with E-state index in [1.54, 1.807) is 74.9 Å². The third-order valence-corrected chi connectivity index (χ3v) is 4.57. The van der Waals surface area contributed by atoms with Crippen molar-refractivity contribution in [2.45, 2.75) is 6.92 Å². The fourth-order valence-electron chi connectivity index (χ4n) is 2.88. The summed E-state index contributed by atoms with van der Waals surface area (Å²) in [5, 5.41) is 0. The maximum atomic E-state index is 12.5. The lowest BCUT2D eigenvalue weighted by atomic mass is 10.1. The lowest BCUT2D eigenvalue weighted by molar-refractivity contribution is 0.0734. The van der Waals surface area contributed by atoms with E-state index in [9.17, 15) is 9.59 Å². The minimum atomic E-state index is -0.433. The number of aryl methyl sites for hydroxylation is 1. The zero-order chi connectivity index (χ0) is 21.5. The van der Waals surface area contributed by atoms with Gasteiger partial charge in [0.15, 0.2) is 5.78 Å². The topological polar surface area (TPSA) is 61.8 Å². The first-order valence-electron chi connectivity index (χ1n) is 9.34. The van der Waals surface area contributed by atoms with Crippen LogP contribution in [0, 0.1) is 6.92 Å². The van der Waals surface area contributed by atoms with Crippen molar-refractivity contribution < 1.29 is 23.8 Å². The molecule has 0 fully saturated rings. The fraction of sp³-hybridized carbons (Fsp3) is 0.120. The Morgan fingerprint density at radius 2 is 1.53 bits per heavy atom. The largest absolute Gasteiger partial charge is 0.497 e.